The molecule has 0 aliphatic rings. The minimum absolute atomic E-state index is 0.0576. The fourth-order valence-corrected chi connectivity index (χ4v) is 1.92. The van der Waals surface area contributed by atoms with Crippen LogP contribution >= 0.6 is 0 Å². The quantitative estimate of drug-likeness (QED) is 0.640. The molecule has 0 amide bonds. The summed E-state index contributed by atoms with van der Waals surface area (Å²) < 4.78 is 9.12. The van der Waals surface area contributed by atoms with Crippen molar-refractivity contribution >= 4 is 17.6 Å². The molecular formula is C17H16N2O5. The van der Waals surface area contributed by atoms with Crippen molar-refractivity contribution in [2.24, 2.45) is 0 Å². The minimum atomic E-state index is -0.702. The van der Waals surface area contributed by atoms with Crippen molar-refractivity contribution in [1.29, 1.82) is 0 Å². The van der Waals surface area contributed by atoms with Gasteiger partial charge in [0, 0.05) is 17.4 Å². The third-order valence-corrected chi connectivity index (χ3v) is 3.09. The predicted molar refractivity (Wildman–Crippen MR) is 87.1 cm³/mol. The summed E-state index contributed by atoms with van der Waals surface area (Å²) in [6, 6.07) is 9.97. The maximum atomic E-state index is 11.7. The molecule has 0 radical (unpaired) electrons. The summed E-state index contributed by atoms with van der Waals surface area (Å²) in [5, 5.41) is 12.6. The number of hydrogen-bond donors (Lipinski definition) is 2. The Morgan fingerprint density at radius 3 is 2.42 bits per heavy atom. The van der Waals surface area contributed by atoms with Crippen molar-refractivity contribution in [2.45, 2.75) is 0 Å². The van der Waals surface area contributed by atoms with Crippen molar-refractivity contribution in [3.8, 4) is 17.0 Å². The summed E-state index contributed by atoms with van der Waals surface area (Å²) in [6.07, 6.45) is 2.58. The Balaban J connectivity index is 2.23. The van der Waals surface area contributed by atoms with Gasteiger partial charge < -0.3 is 19.9 Å². The molecule has 0 saturated carbocycles. The van der Waals surface area contributed by atoms with E-state index in [-0.39, 0.29) is 11.4 Å². The lowest BCUT2D eigenvalue weighted by Crippen LogP contribution is -2.15. The lowest BCUT2D eigenvalue weighted by atomic mass is 10.1. The van der Waals surface area contributed by atoms with Crippen LogP contribution in [0.15, 0.2) is 54.4 Å². The molecule has 0 saturated heterocycles. The Morgan fingerprint density at radius 2 is 1.83 bits per heavy atom. The van der Waals surface area contributed by atoms with Gasteiger partial charge in [-0.3, -0.25) is 4.98 Å². The average molecular weight is 328 g/mol. The van der Waals surface area contributed by atoms with E-state index >= 15 is 0 Å². The Hall–Kier alpha value is -3.35. The molecule has 0 atom stereocenters. The minimum Gasteiger partial charge on any atom is -0.506 e. The number of carbonyl (C=O) groups excluding carboxylic acids is 2. The zero-order chi connectivity index (χ0) is 17.5. The SMILES string of the molecule is COC(=O)/C=C(/Nc1ccc(-c2ncccc2O)cc1)C(=O)OC. The standard InChI is InChI=1S/C17H16N2O5/c1-23-15(21)10-13(17(22)24-2)19-12-7-5-11(6-8-12)16-14(20)4-3-9-18-16/h3-10,19-20H,1-2H3/b13-10+. The Labute approximate surface area is 138 Å². The number of methoxy groups -OCH3 is 2. The highest BCUT2D eigenvalue weighted by Crippen LogP contribution is 2.27. The monoisotopic (exact) mass is 328 g/mol. The molecular weight excluding hydrogens is 312 g/mol. The molecule has 1 aromatic carbocycles. The van der Waals surface area contributed by atoms with Crippen LogP contribution in [-0.2, 0) is 19.1 Å². The topological polar surface area (TPSA) is 97.8 Å². The lowest BCUT2D eigenvalue weighted by molar-refractivity contribution is -0.138. The fraction of sp³-hybridized carbons (Fsp3) is 0.118. The van der Waals surface area contributed by atoms with Crippen LogP contribution in [0.5, 0.6) is 5.75 Å². The van der Waals surface area contributed by atoms with E-state index < -0.39 is 11.9 Å². The van der Waals surface area contributed by atoms with E-state index in [9.17, 15) is 14.7 Å². The van der Waals surface area contributed by atoms with Crippen molar-refractivity contribution < 1.29 is 24.2 Å². The first-order valence-electron chi connectivity index (χ1n) is 6.94. The zero-order valence-electron chi connectivity index (χ0n) is 13.1. The van der Waals surface area contributed by atoms with Gasteiger partial charge in [-0.25, -0.2) is 9.59 Å². The van der Waals surface area contributed by atoms with Gasteiger partial charge in [0.25, 0.3) is 0 Å². The molecule has 7 heteroatoms. The number of pyridine rings is 1. The van der Waals surface area contributed by atoms with Crippen molar-refractivity contribution in [3.05, 3.63) is 54.4 Å². The third kappa shape index (κ3) is 4.10. The van der Waals surface area contributed by atoms with Crippen LogP contribution in [0.4, 0.5) is 5.69 Å². The van der Waals surface area contributed by atoms with Gasteiger partial charge in [-0.05, 0) is 24.3 Å². The largest absolute Gasteiger partial charge is 0.506 e. The molecule has 2 rings (SSSR count). The molecule has 2 aromatic rings. The number of nitrogens with one attached hydrogen (secondary N) is 1. The molecule has 0 aliphatic heterocycles. The van der Waals surface area contributed by atoms with Crippen LogP contribution in [0, 0.1) is 0 Å². The molecule has 0 fully saturated rings. The second-order valence-corrected chi connectivity index (χ2v) is 4.65. The van der Waals surface area contributed by atoms with Gasteiger partial charge >= 0.3 is 11.9 Å². The van der Waals surface area contributed by atoms with Crippen LogP contribution in [0.25, 0.3) is 11.3 Å². The highest BCUT2D eigenvalue weighted by Gasteiger charge is 2.13. The summed E-state index contributed by atoms with van der Waals surface area (Å²) in [7, 11) is 2.42. The highest BCUT2D eigenvalue weighted by molar-refractivity contribution is 5.98. The molecule has 0 spiro atoms. The first-order valence-corrected chi connectivity index (χ1v) is 6.94. The van der Waals surface area contributed by atoms with Gasteiger partial charge in [-0.1, -0.05) is 12.1 Å². The van der Waals surface area contributed by atoms with E-state index in [1.807, 2.05) is 0 Å². The van der Waals surface area contributed by atoms with E-state index in [1.54, 1.807) is 42.6 Å². The molecule has 1 aromatic heterocycles. The molecule has 24 heavy (non-hydrogen) atoms. The van der Waals surface area contributed by atoms with Gasteiger partial charge in [0.2, 0.25) is 0 Å². The molecule has 7 nitrogen and oxygen atoms in total. The summed E-state index contributed by atoms with van der Waals surface area (Å²) in [4.78, 5) is 27.1. The first kappa shape index (κ1) is 17.0. The second kappa shape index (κ2) is 7.77. The van der Waals surface area contributed by atoms with Crippen LogP contribution in [0.2, 0.25) is 0 Å². The van der Waals surface area contributed by atoms with E-state index in [2.05, 4.69) is 19.8 Å². The molecule has 0 aliphatic carbocycles. The number of hydrogen-bond acceptors (Lipinski definition) is 7. The van der Waals surface area contributed by atoms with Crippen LogP contribution < -0.4 is 5.32 Å². The van der Waals surface area contributed by atoms with Crippen molar-refractivity contribution in [1.82, 2.24) is 4.98 Å². The Bertz CT molecular complexity index is 769. The van der Waals surface area contributed by atoms with Crippen LogP contribution in [0.1, 0.15) is 0 Å². The van der Waals surface area contributed by atoms with Crippen LogP contribution in [0.3, 0.4) is 0 Å². The number of ether oxygens (including phenoxy) is 2. The number of nitrogens with zero attached hydrogens (tertiary/aromatic N) is 1. The Morgan fingerprint density at radius 1 is 1.12 bits per heavy atom. The summed E-state index contributed by atoms with van der Waals surface area (Å²) in [5.74, 6) is -1.32. The second-order valence-electron chi connectivity index (χ2n) is 4.65. The van der Waals surface area contributed by atoms with Crippen molar-refractivity contribution in [3.63, 3.8) is 0 Å². The van der Waals surface area contributed by atoms with Gasteiger partial charge in [-0.15, -0.1) is 0 Å². The lowest BCUT2D eigenvalue weighted by Gasteiger charge is -2.10. The Kier molecular flexibility index (Phi) is 5.51. The number of benzene rings is 1. The number of anilines is 1. The van der Waals surface area contributed by atoms with Gasteiger partial charge in [0.15, 0.2) is 0 Å². The third-order valence-electron chi connectivity index (χ3n) is 3.09. The summed E-state index contributed by atoms with van der Waals surface area (Å²) >= 11 is 0. The van der Waals surface area contributed by atoms with E-state index in [0.717, 1.165) is 6.08 Å². The fourth-order valence-electron chi connectivity index (χ4n) is 1.92. The van der Waals surface area contributed by atoms with Gasteiger partial charge in [0.05, 0.1) is 20.3 Å². The van der Waals surface area contributed by atoms with Gasteiger partial charge in [0.1, 0.15) is 17.1 Å². The smallest absolute Gasteiger partial charge is 0.354 e. The highest BCUT2D eigenvalue weighted by atomic mass is 16.5. The van der Waals surface area contributed by atoms with E-state index in [1.165, 1.54) is 14.2 Å². The summed E-state index contributed by atoms with van der Waals surface area (Å²) in [6.45, 7) is 0. The average Bonchev–Trinajstić information content (AvgIpc) is 2.61. The number of esters is 2. The maximum Gasteiger partial charge on any atom is 0.354 e. The maximum absolute atomic E-state index is 11.7. The van der Waals surface area contributed by atoms with E-state index in [0.29, 0.717) is 16.9 Å². The number of aromatic hydroxyl groups is 1. The number of rotatable bonds is 5. The van der Waals surface area contributed by atoms with Gasteiger partial charge in [-0.2, -0.15) is 0 Å². The molecule has 2 N–H and O–H groups in total. The van der Waals surface area contributed by atoms with E-state index in [4.69, 9.17) is 0 Å². The molecule has 0 unspecified atom stereocenters. The van der Waals surface area contributed by atoms with Crippen LogP contribution in [-0.4, -0.2) is 36.2 Å². The predicted octanol–water partition coefficient (Wildman–Crippen LogP) is 2.10. The normalized spacial score (nSPS) is 10.8. The van der Waals surface area contributed by atoms with Crippen molar-refractivity contribution in [2.75, 3.05) is 19.5 Å². The number of carbonyl (C=O) groups is 2. The number of aromatic nitrogens is 1. The summed E-state index contributed by atoms with van der Waals surface area (Å²) in [5.41, 5.74) is 1.64. The molecule has 124 valence electrons. The molecule has 1 heterocycles. The zero-order valence-corrected chi connectivity index (χ0v) is 13.1. The molecule has 0 bridgehead atoms. The first-order chi connectivity index (χ1) is 11.5.